The highest BCUT2D eigenvalue weighted by Gasteiger charge is 2.53. The SMILES string of the molecule is CCC(CCN)C12CC3CC(CC(C3)C1)C2. The summed E-state index contributed by atoms with van der Waals surface area (Å²) in [5.74, 6) is 4.22. The van der Waals surface area contributed by atoms with Gasteiger partial charge in [-0.1, -0.05) is 13.3 Å². The van der Waals surface area contributed by atoms with Gasteiger partial charge in [-0.05, 0) is 80.6 Å². The number of hydrogen-bond acceptors (Lipinski definition) is 1. The maximum Gasteiger partial charge on any atom is -0.00744 e. The van der Waals surface area contributed by atoms with Crippen molar-refractivity contribution in [3.05, 3.63) is 0 Å². The van der Waals surface area contributed by atoms with E-state index in [4.69, 9.17) is 5.73 Å². The van der Waals surface area contributed by atoms with Crippen LogP contribution in [0.3, 0.4) is 0 Å². The quantitative estimate of drug-likeness (QED) is 0.771. The Labute approximate surface area is 100 Å². The van der Waals surface area contributed by atoms with Gasteiger partial charge in [-0.25, -0.2) is 0 Å². The molecule has 1 heteroatoms. The third-order valence-electron chi connectivity index (χ3n) is 5.96. The van der Waals surface area contributed by atoms with Crippen molar-refractivity contribution in [2.24, 2.45) is 34.8 Å². The topological polar surface area (TPSA) is 26.0 Å². The van der Waals surface area contributed by atoms with Gasteiger partial charge >= 0.3 is 0 Å². The fraction of sp³-hybridized carbons (Fsp3) is 1.00. The molecule has 4 aliphatic rings. The molecule has 2 N–H and O–H groups in total. The third kappa shape index (κ3) is 1.63. The number of hydrogen-bond donors (Lipinski definition) is 1. The van der Waals surface area contributed by atoms with Crippen LogP contribution in [0.4, 0.5) is 0 Å². The highest BCUT2D eigenvalue weighted by Crippen LogP contribution is 2.63. The molecule has 1 nitrogen and oxygen atoms in total. The molecule has 4 fully saturated rings. The van der Waals surface area contributed by atoms with Crippen molar-refractivity contribution >= 4 is 0 Å². The fourth-order valence-electron chi connectivity index (χ4n) is 5.82. The van der Waals surface area contributed by atoms with Crippen LogP contribution in [0.1, 0.15) is 58.3 Å². The second kappa shape index (κ2) is 4.01. The first-order chi connectivity index (χ1) is 7.75. The van der Waals surface area contributed by atoms with Crippen LogP contribution in [0.5, 0.6) is 0 Å². The minimum Gasteiger partial charge on any atom is -0.330 e. The van der Waals surface area contributed by atoms with Crippen molar-refractivity contribution in [1.29, 1.82) is 0 Å². The van der Waals surface area contributed by atoms with Crippen LogP contribution in [0.15, 0.2) is 0 Å². The first-order valence-electron chi connectivity index (χ1n) is 7.46. The van der Waals surface area contributed by atoms with Crippen LogP contribution < -0.4 is 5.73 Å². The van der Waals surface area contributed by atoms with Crippen molar-refractivity contribution in [2.75, 3.05) is 6.54 Å². The predicted octanol–water partition coefficient (Wildman–Crippen LogP) is 3.58. The standard InChI is InChI=1S/C15H27N/c1-2-14(3-4-16)15-8-11-5-12(9-15)7-13(6-11)10-15/h11-14H,2-10,16H2,1H3. The van der Waals surface area contributed by atoms with E-state index in [0.717, 1.165) is 35.6 Å². The average Bonchev–Trinajstić information content (AvgIpc) is 2.23. The first-order valence-corrected chi connectivity index (χ1v) is 7.46. The van der Waals surface area contributed by atoms with Crippen molar-refractivity contribution in [3.8, 4) is 0 Å². The summed E-state index contributed by atoms with van der Waals surface area (Å²) < 4.78 is 0. The molecular weight excluding hydrogens is 194 g/mol. The lowest BCUT2D eigenvalue weighted by molar-refractivity contribution is -0.0894. The van der Waals surface area contributed by atoms with Gasteiger partial charge < -0.3 is 5.73 Å². The van der Waals surface area contributed by atoms with Gasteiger partial charge in [0.1, 0.15) is 0 Å². The van der Waals surface area contributed by atoms with Gasteiger partial charge in [0, 0.05) is 0 Å². The number of nitrogens with two attached hydrogens (primary N) is 1. The summed E-state index contributed by atoms with van der Waals surface area (Å²) in [5, 5.41) is 0. The first kappa shape index (κ1) is 11.1. The Bertz CT molecular complexity index is 223. The monoisotopic (exact) mass is 221 g/mol. The molecule has 0 heterocycles. The molecule has 92 valence electrons. The highest BCUT2D eigenvalue weighted by molar-refractivity contribution is 5.03. The predicted molar refractivity (Wildman–Crippen MR) is 68.1 cm³/mol. The maximum atomic E-state index is 5.82. The summed E-state index contributed by atoms with van der Waals surface area (Å²) in [6.45, 7) is 3.29. The second-order valence-electron chi connectivity index (χ2n) is 6.96. The smallest absolute Gasteiger partial charge is 0.00744 e. The Hall–Kier alpha value is -0.0400. The van der Waals surface area contributed by atoms with Crippen LogP contribution in [0.25, 0.3) is 0 Å². The minimum atomic E-state index is 0.739. The summed E-state index contributed by atoms with van der Waals surface area (Å²) in [5.41, 5.74) is 6.56. The summed E-state index contributed by atoms with van der Waals surface area (Å²) >= 11 is 0. The van der Waals surface area contributed by atoms with Crippen LogP contribution in [0.2, 0.25) is 0 Å². The van der Waals surface area contributed by atoms with E-state index in [9.17, 15) is 0 Å². The van der Waals surface area contributed by atoms with E-state index in [1.807, 2.05) is 0 Å². The molecule has 1 atom stereocenters. The second-order valence-corrected chi connectivity index (χ2v) is 6.96. The van der Waals surface area contributed by atoms with Crippen molar-refractivity contribution < 1.29 is 0 Å². The Morgan fingerprint density at radius 3 is 1.94 bits per heavy atom. The van der Waals surface area contributed by atoms with E-state index >= 15 is 0 Å². The van der Waals surface area contributed by atoms with Gasteiger partial charge in [0.15, 0.2) is 0 Å². The van der Waals surface area contributed by atoms with Gasteiger partial charge in [-0.2, -0.15) is 0 Å². The Balaban J connectivity index is 1.81. The van der Waals surface area contributed by atoms with E-state index in [1.165, 1.54) is 12.8 Å². The molecule has 1 unspecified atom stereocenters. The zero-order valence-electron chi connectivity index (χ0n) is 10.8. The Morgan fingerprint density at radius 1 is 1.06 bits per heavy atom. The summed E-state index contributed by atoms with van der Waals surface area (Å²) in [7, 11) is 0. The van der Waals surface area contributed by atoms with Gasteiger partial charge in [-0.3, -0.25) is 0 Å². The molecule has 16 heavy (non-hydrogen) atoms. The van der Waals surface area contributed by atoms with E-state index in [2.05, 4.69) is 6.92 Å². The molecule has 4 aliphatic carbocycles. The van der Waals surface area contributed by atoms with E-state index in [-0.39, 0.29) is 0 Å². The molecule has 0 aliphatic heterocycles. The van der Waals surface area contributed by atoms with Crippen LogP contribution in [-0.4, -0.2) is 6.54 Å². The van der Waals surface area contributed by atoms with E-state index in [1.54, 1.807) is 38.5 Å². The summed E-state index contributed by atoms with van der Waals surface area (Å²) in [6, 6.07) is 0. The van der Waals surface area contributed by atoms with Gasteiger partial charge in [0.25, 0.3) is 0 Å². The molecule has 4 saturated carbocycles. The molecule has 0 amide bonds. The zero-order chi connectivity index (χ0) is 11.2. The van der Waals surface area contributed by atoms with Crippen LogP contribution >= 0.6 is 0 Å². The normalized spacial score (nSPS) is 47.2. The zero-order valence-corrected chi connectivity index (χ0v) is 10.8. The maximum absolute atomic E-state index is 5.82. The summed E-state index contributed by atoms with van der Waals surface area (Å²) in [4.78, 5) is 0. The van der Waals surface area contributed by atoms with Gasteiger partial charge in [0.05, 0.1) is 0 Å². The largest absolute Gasteiger partial charge is 0.330 e. The molecule has 0 aromatic heterocycles. The van der Waals surface area contributed by atoms with E-state index < -0.39 is 0 Å². The minimum absolute atomic E-state index is 0.739. The molecule has 0 saturated heterocycles. The van der Waals surface area contributed by atoms with E-state index in [0.29, 0.717) is 0 Å². The highest BCUT2D eigenvalue weighted by atomic mass is 14.6. The molecular formula is C15H27N. The lowest BCUT2D eigenvalue weighted by Crippen LogP contribution is -2.49. The number of rotatable bonds is 4. The Morgan fingerprint density at radius 2 is 1.56 bits per heavy atom. The molecule has 4 bridgehead atoms. The Kier molecular flexibility index (Phi) is 2.78. The lowest BCUT2D eigenvalue weighted by Gasteiger charge is -2.59. The molecule has 0 spiro atoms. The molecule has 4 rings (SSSR count). The lowest BCUT2D eigenvalue weighted by atomic mass is 9.46. The fourth-order valence-corrected chi connectivity index (χ4v) is 5.82. The third-order valence-corrected chi connectivity index (χ3v) is 5.96. The molecule has 0 aromatic carbocycles. The van der Waals surface area contributed by atoms with Crippen molar-refractivity contribution in [2.45, 2.75) is 58.3 Å². The van der Waals surface area contributed by atoms with Crippen LogP contribution in [-0.2, 0) is 0 Å². The van der Waals surface area contributed by atoms with Crippen molar-refractivity contribution in [3.63, 3.8) is 0 Å². The van der Waals surface area contributed by atoms with Crippen molar-refractivity contribution in [1.82, 2.24) is 0 Å². The summed E-state index contributed by atoms with van der Waals surface area (Å²) in [6.07, 6.45) is 12.0. The molecule has 0 radical (unpaired) electrons. The van der Waals surface area contributed by atoms with Gasteiger partial charge in [0.2, 0.25) is 0 Å². The van der Waals surface area contributed by atoms with Gasteiger partial charge in [-0.15, -0.1) is 0 Å². The average molecular weight is 221 g/mol. The molecule has 0 aromatic rings. The van der Waals surface area contributed by atoms with Crippen LogP contribution in [0, 0.1) is 29.1 Å².